The number of carbonyl (C=O) groups excluding carboxylic acids is 1. The van der Waals surface area contributed by atoms with E-state index in [2.05, 4.69) is 20.7 Å². The van der Waals surface area contributed by atoms with Crippen molar-refractivity contribution in [2.24, 2.45) is 0 Å². The Morgan fingerprint density at radius 2 is 1.74 bits per heavy atom. The van der Waals surface area contributed by atoms with E-state index in [1.165, 1.54) is 11.8 Å². The Labute approximate surface area is 148 Å². The summed E-state index contributed by atoms with van der Waals surface area (Å²) in [6.45, 7) is 1.86. The number of sulfonamides is 1. The summed E-state index contributed by atoms with van der Waals surface area (Å²) in [5, 5.41) is -0.248. The Morgan fingerprint density at radius 3 is 2.30 bits per heavy atom. The molecule has 0 spiro atoms. The summed E-state index contributed by atoms with van der Waals surface area (Å²) < 4.78 is 25.7. The fourth-order valence-electron chi connectivity index (χ4n) is 1.94. The highest BCUT2D eigenvalue weighted by Gasteiger charge is 2.17. The molecule has 1 N–H and O–H groups in total. The highest BCUT2D eigenvalue weighted by molar-refractivity contribution is 9.10. The van der Waals surface area contributed by atoms with Gasteiger partial charge in [0.05, 0.1) is 11.5 Å². The minimum Gasteiger partial charge on any atom is -0.293 e. The third kappa shape index (κ3) is 5.37. The Bertz CT molecular complexity index is 804. The molecule has 1 atom stereocenters. The molecule has 23 heavy (non-hydrogen) atoms. The number of benzene rings is 2. The first kappa shape index (κ1) is 18.0. The van der Waals surface area contributed by atoms with Gasteiger partial charge >= 0.3 is 0 Å². The molecule has 2 aromatic rings. The number of Topliss-reactive ketones (excluding diaryl/α,β-unsaturated/α-hetero) is 1. The maximum atomic E-state index is 12.5. The molecule has 0 bridgehead atoms. The number of carbonyl (C=O) groups is 1. The molecule has 0 fully saturated rings. The number of anilines is 1. The van der Waals surface area contributed by atoms with E-state index in [1.807, 2.05) is 31.2 Å². The quantitative estimate of drug-likeness (QED) is 0.569. The fraction of sp³-hybridized carbons (Fsp3) is 0.188. The molecular weight excluding hydrogens is 398 g/mol. The van der Waals surface area contributed by atoms with Crippen molar-refractivity contribution >= 4 is 49.2 Å². The van der Waals surface area contributed by atoms with Gasteiger partial charge in [0.1, 0.15) is 0 Å². The number of thioether (sulfide) groups is 1. The zero-order chi connectivity index (χ0) is 17.0. The van der Waals surface area contributed by atoms with Crippen LogP contribution in [0, 0.1) is 0 Å². The second-order valence-corrected chi connectivity index (χ2v) is 8.99. The number of ketones is 1. The SMILES string of the molecule is CC(Sc1ccccc1Br)C(=O)c1ccc(NS(C)(=O)=O)cc1. The van der Waals surface area contributed by atoms with Gasteiger partial charge in [0.15, 0.2) is 5.78 Å². The predicted octanol–water partition coefficient (Wildman–Crippen LogP) is 4.18. The molecule has 2 aromatic carbocycles. The minimum absolute atomic E-state index is 0.00309. The summed E-state index contributed by atoms with van der Waals surface area (Å²) in [6.07, 6.45) is 1.09. The van der Waals surface area contributed by atoms with Crippen molar-refractivity contribution in [1.82, 2.24) is 0 Å². The van der Waals surface area contributed by atoms with Gasteiger partial charge in [0.2, 0.25) is 10.0 Å². The molecule has 1 unspecified atom stereocenters. The number of hydrogen-bond acceptors (Lipinski definition) is 4. The first-order valence-corrected chi connectivity index (χ1v) is 10.4. The van der Waals surface area contributed by atoms with Gasteiger partial charge in [0, 0.05) is 20.6 Å². The van der Waals surface area contributed by atoms with Crippen LogP contribution in [-0.2, 0) is 10.0 Å². The van der Waals surface area contributed by atoms with Crippen LogP contribution in [0.15, 0.2) is 57.9 Å². The highest BCUT2D eigenvalue weighted by atomic mass is 79.9. The molecule has 0 aliphatic carbocycles. The fourth-order valence-corrected chi connectivity index (χ4v) is 4.03. The van der Waals surface area contributed by atoms with Crippen LogP contribution in [0.5, 0.6) is 0 Å². The summed E-state index contributed by atoms with van der Waals surface area (Å²) in [7, 11) is -3.32. The van der Waals surface area contributed by atoms with Gasteiger partial charge in [-0.1, -0.05) is 12.1 Å². The van der Waals surface area contributed by atoms with Crippen molar-refractivity contribution < 1.29 is 13.2 Å². The second-order valence-electron chi connectivity index (χ2n) is 5.01. The van der Waals surface area contributed by atoms with E-state index in [-0.39, 0.29) is 11.0 Å². The molecule has 4 nitrogen and oxygen atoms in total. The van der Waals surface area contributed by atoms with Crippen molar-refractivity contribution in [3.8, 4) is 0 Å². The van der Waals surface area contributed by atoms with Crippen LogP contribution >= 0.6 is 27.7 Å². The van der Waals surface area contributed by atoms with Gasteiger partial charge < -0.3 is 0 Å². The maximum Gasteiger partial charge on any atom is 0.229 e. The van der Waals surface area contributed by atoms with E-state index in [9.17, 15) is 13.2 Å². The third-order valence-electron chi connectivity index (χ3n) is 2.98. The maximum absolute atomic E-state index is 12.5. The predicted molar refractivity (Wildman–Crippen MR) is 98.7 cm³/mol. The lowest BCUT2D eigenvalue weighted by Gasteiger charge is -2.12. The van der Waals surface area contributed by atoms with Crippen LogP contribution in [-0.4, -0.2) is 25.7 Å². The van der Waals surface area contributed by atoms with Crippen LogP contribution in [0.1, 0.15) is 17.3 Å². The number of halogens is 1. The second kappa shape index (κ2) is 7.51. The largest absolute Gasteiger partial charge is 0.293 e. The summed E-state index contributed by atoms with van der Waals surface area (Å²) in [5.41, 5.74) is 0.992. The van der Waals surface area contributed by atoms with Crippen molar-refractivity contribution in [2.45, 2.75) is 17.1 Å². The average molecular weight is 414 g/mol. The van der Waals surface area contributed by atoms with Gasteiger partial charge in [-0.2, -0.15) is 0 Å². The summed E-state index contributed by atoms with van der Waals surface area (Å²) >= 11 is 4.95. The van der Waals surface area contributed by atoms with E-state index in [4.69, 9.17) is 0 Å². The molecule has 2 rings (SSSR count). The molecule has 0 radical (unpaired) electrons. The normalized spacial score (nSPS) is 12.7. The molecule has 0 aliphatic heterocycles. The van der Waals surface area contributed by atoms with Crippen molar-refractivity contribution in [3.05, 3.63) is 58.6 Å². The molecule has 0 aromatic heterocycles. The first-order chi connectivity index (χ1) is 10.8. The molecule has 122 valence electrons. The molecule has 0 amide bonds. The Morgan fingerprint density at radius 1 is 1.13 bits per heavy atom. The Kier molecular flexibility index (Phi) is 5.89. The average Bonchev–Trinajstić information content (AvgIpc) is 2.48. The lowest BCUT2D eigenvalue weighted by atomic mass is 10.1. The Balaban J connectivity index is 2.09. The molecule has 0 saturated heterocycles. The van der Waals surface area contributed by atoms with E-state index < -0.39 is 10.0 Å². The van der Waals surface area contributed by atoms with E-state index >= 15 is 0 Å². The van der Waals surface area contributed by atoms with Crippen LogP contribution < -0.4 is 4.72 Å². The third-order valence-corrected chi connectivity index (χ3v) is 5.72. The van der Waals surface area contributed by atoms with Gasteiger partial charge in [0.25, 0.3) is 0 Å². The topological polar surface area (TPSA) is 63.2 Å². The number of rotatable bonds is 6. The highest BCUT2D eigenvalue weighted by Crippen LogP contribution is 2.31. The Hall–Kier alpha value is -1.31. The van der Waals surface area contributed by atoms with Crippen LogP contribution in [0.2, 0.25) is 0 Å². The summed E-state index contributed by atoms with van der Waals surface area (Å²) in [5.74, 6) is -0.00309. The minimum atomic E-state index is -3.32. The van der Waals surface area contributed by atoms with Crippen LogP contribution in [0.3, 0.4) is 0 Å². The lowest BCUT2D eigenvalue weighted by Crippen LogP contribution is -2.14. The van der Waals surface area contributed by atoms with E-state index in [0.29, 0.717) is 11.3 Å². The van der Waals surface area contributed by atoms with E-state index in [0.717, 1.165) is 15.6 Å². The molecular formula is C16H16BrNO3S2. The summed E-state index contributed by atoms with van der Waals surface area (Å²) in [4.78, 5) is 13.5. The van der Waals surface area contributed by atoms with Crippen molar-refractivity contribution in [3.63, 3.8) is 0 Å². The van der Waals surface area contributed by atoms with E-state index in [1.54, 1.807) is 24.3 Å². The molecule has 7 heteroatoms. The standard InChI is InChI=1S/C16H16BrNO3S2/c1-11(22-15-6-4-3-5-14(15)17)16(19)12-7-9-13(10-8-12)18-23(2,20)21/h3-11,18H,1-2H3. The van der Waals surface area contributed by atoms with Crippen LogP contribution in [0.4, 0.5) is 5.69 Å². The van der Waals surface area contributed by atoms with Gasteiger partial charge in [-0.25, -0.2) is 8.42 Å². The van der Waals surface area contributed by atoms with Gasteiger partial charge in [-0.05, 0) is 59.3 Å². The number of hydrogen-bond donors (Lipinski definition) is 1. The zero-order valence-corrected chi connectivity index (χ0v) is 15.8. The van der Waals surface area contributed by atoms with Gasteiger partial charge in [-0.15, -0.1) is 11.8 Å². The lowest BCUT2D eigenvalue weighted by molar-refractivity contribution is 0.0994. The van der Waals surface area contributed by atoms with Crippen molar-refractivity contribution in [1.29, 1.82) is 0 Å². The first-order valence-electron chi connectivity index (χ1n) is 6.79. The molecule has 0 aliphatic rings. The zero-order valence-electron chi connectivity index (χ0n) is 12.6. The van der Waals surface area contributed by atoms with Gasteiger partial charge in [-0.3, -0.25) is 9.52 Å². The van der Waals surface area contributed by atoms with Crippen LogP contribution in [0.25, 0.3) is 0 Å². The van der Waals surface area contributed by atoms with Crippen molar-refractivity contribution in [2.75, 3.05) is 11.0 Å². The smallest absolute Gasteiger partial charge is 0.229 e. The number of nitrogens with one attached hydrogen (secondary N) is 1. The monoisotopic (exact) mass is 413 g/mol. The molecule has 0 saturated carbocycles. The summed E-state index contributed by atoms with van der Waals surface area (Å²) in [6, 6.07) is 14.2. The molecule has 0 heterocycles.